The Morgan fingerprint density at radius 1 is 0.617 bits per heavy atom. The number of carboxylic acid groups (broad SMARTS) is 5. The van der Waals surface area contributed by atoms with E-state index in [2.05, 4.69) is 41.2 Å². The smallest absolute Gasteiger partial charge is 0.326 e. The molecule has 0 fully saturated rings. The molecule has 0 aliphatic heterocycles. The van der Waals surface area contributed by atoms with E-state index < -0.39 is 129 Å². The molecule has 3 aromatic rings. The number of nitrogens with zero attached hydrogens (tertiary/aromatic N) is 5. The molecular weight excluding hydrogens is 798 g/mol. The molecule has 4 atom stereocenters. The molecule has 2 aromatic heterocycles. The van der Waals surface area contributed by atoms with Gasteiger partial charge in [0.05, 0.1) is 18.4 Å². The lowest BCUT2D eigenvalue weighted by molar-refractivity contribution is -0.144. The van der Waals surface area contributed by atoms with E-state index in [9.17, 15) is 58.5 Å². The second-order valence-corrected chi connectivity index (χ2v) is 13.2. The Hall–Kier alpha value is -7.73. The molecule has 0 saturated heterocycles. The Labute approximate surface area is 339 Å². The Morgan fingerprint density at radius 3 is 1.48 bits per heavy atom. The van der Waals surface area contributed by atoms with Gasteiger partial charge in [-0.1, -0.05) is 0 Å². The molecule has 4 amide bonds. The Balaban J connectivity index is 1.48. The van der Waals surface area contributed by atoms with Gasteiger partial charge in [-0.2, -0.15) is 9.97 Å². The van der Waals surface area contributed by atoms with E-state index in [1.54, 1.807) is 24.1 Å². The molecule has 322 valence electrons. The Bertz CT molecular complexity index is 2120. The summed E-state index contributed by atoms with van der Waals surface area (Å²) in [4.78, 5) is 126. The zero-order valence-corrected chi connectivity index (χ0v) is 31.9. The van der Waals surface area contributed by atoms with Crippen molar-refractivity contribution < 1.29 is 68.7 Å². The van der Waals surface area contributed by atoms with Gasteiger partial charge >= 0.3 is 29.8 Å². The highest BCUT2D eigenvalue weighted by Crippen LogP contribution is 2.19. The van der Waals surface area contributed by atoms with Crippen LogP contribution in [0.1, 0.15) is 67.4 Å². The number of carbonyl (C=O) groups is 9. The minimum atomic E-state index is -1.66. The van der Waals surface area contributed by atoms with Gasteiger partial charge in [0.15, 0.2) is 17.0 Å². The van der Waals surface area contributed by atoms with Crippen LogP contribution in [0.25, 0.3) is 11.2 Å². The maximum atomic E-state index is 12.9. The van der Waals surface area contributed by atoms with Gasteiger partial charge in [-0.15, -0.1) is 0 Å². The number of nitrogens with one attached hydrogen (secondary N) is 4. The first kappa shape index (κ1) is 46.7. The molecule has 60 heavy (non-hydrogen) atoms. The molecule has 0 saturated carbocycles. The van der Waals surface area contributed by atoms with Crippen molar-refractivity contribution in [3.63, 3.8) is 0 Å². The van der Waals surface area contributed by atoms with Crippen LogP contribution in [0.2, 0.25) is 0 Å². The molecule has 25 heteroatoms. The molecule has 2 heterocycles. The highest BCUT2D eigenvalue weighted by molar-refractivity contribution is 5.97. The predicted octanol–water partition coefficient (Wildman–Crippen LogP) is -1.68. The first-order valence-corrected chi connectivity index (χ1v) is 17.9. The van der Waals surface area contributed by atoms with Gasteiger partial charge in [-0.3, -0.25) is 24.0 Å². The second kappa shape index (κ2) is 21.7. The summed E-state index contributed by atoms with van der Waals surface area (Å²) in [5.74, 6) is -11.0. The Kier molecular flexibility index (Phi) is 16.9. The monoisotopic (exact) mass is 841 g/mol. The molecule has 3 rings (SSSR count). The van der Waals surface area contributed by atoms with Crippen LogP contribution in [-0.2, 0) is 44.9 Å². The van der Waals surface area contributed by atoms with Crippen molar-refractivity contribution in [2.45, 2.75) is 82.1 Å². The lowest BCUT2D eigenvalue weighted by Gasteiger charge is -2.20. The molecule has 0 radical (unpaired) electrons. The molecule has 0 unspecified atom stereocenters. The summed E-state index contributed by atoms with van der Waals surface area (Å²) in [6.07, 6.45) is -2.70. The van der Waals surface area contributed by atoms with Crippen LogP contribution in [0.15, 0.2) is 30.5 Å². The third-order valence-corrected chi connectivity index (χ3v) is 8.60. The number of hydrogen-bond donors (Lipinski definition) is 11. The summed E-state index contributed by atoms with van der Waals surface area (Å²) in [6, 6.07) is -0.332. The molecule has 0 aliphatic rings. The van der Waals surface area contributed by atoms with Gasteiger partial charge in [0.25, 0.3) is 5.91 Å². The molecule has 13 N–H and O–H groups in total. The fourth-order valence-electron chi connectivity index (χ4n) is 5.43. The van der Waals surface area contributed by atoms with E-state index in [0.29, 0.717) is 11.4 Å². The van der Waals surface area contributed by atoms with Crippen LogP contribution >= 0.6 is 0 Å². The van der Waals surface area contributed by atoms with E-state index in [-0.39, 0.29) is 35.0 Å². The van der Waals surface area contributed by atoms with Gasteiger partial charge in [-0.25, -0.2) is 29.1 Å². The number of fused-ring (bicyclic) bond motifs is 1. The number of anilines is 3. The molecule has 0 spiro atoms. The molecule has 1 aromatic carbocycles. The van der Waals surface area contributed by atoms with Crippen molar-refractivity contribution >= 4 is 82.1 Å². The summed E-state index contributed by atoms with van der Waals surface area (Å²) in [6.45, 7) is 0.268. The lowest BCUT2D eigenvalue weighted by Crippen LogP contribution is -2.45. The maximum absolute atomic E-state index is 12.9. The van der Waals surface area contributed by atoms with Crippen LogP contribution < -0.4 is 37.6 Å². The predicted molar refractivity (Wildman–Crippen MR) is 205 cm³/mol. The normalized spacial score (nSPS) is 12.8. The van der Waals surface area contributed by atoms with E-state index >= 15 is 0 Å². The number of hydrogen-bond acceptors (Lipinski definition) is 16. The quantitative estimate of drug-likeness (QED) is 0.0479. The van der Waals surface area contributed by atoms with Gasteiger partial charge < -0.3 is 63.2 Å². The van der Waals surface area contributed by atoms with Crippen LogP contribution in [0.3, 0.4) is 0 Å². The summed E-state index contributed by atoms with van der Waals surface area (Å²) < 4.78 is 0. The van der Waals surface area contributed by atoms with Gasteiger partial charge in [0, 0.05) is 44.0 Å². The van der Waals surface area contributed by atoms with Crippen molar-refractivity contribution in [2.24, 2.45) is 0 Å². The van der Waals surface area contributed by atoms with Crippen LogP contribution in [0.4, 0.5) is 17.5 Å². The number of amides is 4. The molecular formula is C35H43N11O14. The maximum Gasteiger partial charge on any atom is 0.326 e. The molecule has 0 aliphatic carbocycles. The second-order valence-electron chi connectivity index (χ2n) is 13.2. The number of benzene rings is 1. The minimum Gasteiger partial charge on any atom is -0.481 e. The summed E-state index contributed by atoms with van der Waals surface area (Å²) in [5.41, 5.74) is 13.3. The SMILES string of the molecule is CN(Cc1cnc2nc(N)nc(N)c2n1)c1ccc(C(=O)N[C@H](CCC(=O)N[C@H](CCC(=O)N[C@H](CCC(=O)N[C@@H](CCC(=O)O)C(=O)O)C(=O)O)C(=O)O)C(=O)O)cc1. The summed E-state index contributed by atoms with van der Waals surface area (Å²) in [5, 5.41) is 55.3. The summed E-state index contributed by atoms with van der Waals surface area (Å²) >= 11 is 0. The molecule has 0 bridgehead atoms. The van der Waals surface area contributed by atoms with Crippen LogP contribution in [-0.4, -0.2) is 130 Å². The number of nitrogen functional groups attached to an aromatic ring is 2. The van der Waals surface area contributed by atoms with Crippen molar-refractivity contribution in [3.05, 3.63) is 41.7 Å². The minimum absolute atomic E-state index is 0.0424. The average Bonchev–Trinajstić information content (AvgIpc) is 3.17. The Morgan fingerprint density at radius 2 is 1.05 bits per heavy atom. The van der Waals surface area contributed by atoms with E-state index in [1.807, 2.05) is 0 Å². The van der Waals surface area contributed by atoms with E-state index in [1.165, 1.54) is 18.3 Å². The number of carboxylic acids is 5. The average molecular weight is 842 g/mol. The van der Waals surface area contributed by atoms with E-state index in [0.717, 1.165) is 0 Å². The van der Waals surface area contributed by atoms with Crippen LogP contribution in [0, 0.1) is 0 Å². The van der Waals surface area contributed by atoms with Crippen molar-refractivity contribution in [1.29, 1.82) is 0 Å². The zero-order chi connectivity index (χ0) is 44.7. The van der Waals surface area contributed by atoms with Crippen molar-refractivity contribution in [3.8, 4) is 0 Å². The van der Waals surface area contributed by atoms with E-state index in [4.69, 9.17) is 21.7 Å². The fraction of sp³-hybridized carbons (Fsp3) is 0.400. The number of aliphatic carboxylic acids is 5. The van der Waals surface area contributed by atoms with Gasteiger partial charge in [0.1, 0.15) is 24.2 Å². The van der Waals surface area contributed by atoms with Gasteiger partial charge in [-0.05, 0) is 49.9 Å². The lowest BCUT2D eigenvalue weighted by atomic mass is 10.1. The standard InChI is InChI=1S/C35H43N11O14/c1-46(15-17-14-38-29-27(39-17)28(36)44-35(37)45-29)18-4-2-16(3-5-18)30(52)43-22(34(59)60)8-12-25(49)41-20(32(55)56)6-10-23(47)40-19(31(53)54)7-11-24(48)42-21(33(57)58)9-13-26(50)51/h2-5,14,19-22H,6-13,15H2,1H3,(H,40,47)(H,41,49)(H,42,48)(H,43,52)(H,50,51)(H,53,54)(H,55,56)(H,57,58)(H,59,60)(H4,36,37,38,44,45)/t19-,20-,21+,22-/m1/s1. The summed E-state index contributed by atoms with van der Waals surface area (Å²) in [7, 11) is 1.75. The largest absolute Gasteiger partial charge is 0.481 e. The van der Waals surface area contributed by atoms with Gasteiger partial charge in [0.2, 0.25) is 23.7 Å². The van der Waals surface area contributed by atoms with Crippen molar-refractivity contribution in [1.82, 2.24) is 41.2 Å². The number of rotatable bonds is 24. The van der Waals surface area contributed by atoms with Crippen LogP contribution in [0.5, 0.6) is 0 Å². The highest BCUT2D eigenvalue weighted by atomic mass is 16.4. The number of carbonyl (C=O) groups excluding carboxylic acids is 4. The first-order chi connectivity index (χ1) is 28.2. The fourth-order valence-corrected chi connectivity index (χ4v) is 5.43. The third kappa shape index (κ3) is 14.6. The first-order valence-electron chi connectivity index (χ1n) is 17.9. The van der Waals surface area contributed by atoms with Crippen molar-refractivity contribution in [2.75, 3.05) is 23.4 Å². The highest BCUT2D eigenvalue weighted by Gasteiger charge is 2.27. The molecule has 25 nitrogen and oxygen atoms in total. The third-order valence-electron chi connectivity index (χ3n) is 8.60. The topological polar surface area (TPSA) is 410 Å². The number of nitrogens with two attached hydrogens (primary N) is 2. The number of aromatic nitrogens is 4. The zero-order valence-electron chi connectivity index (χ0n) is 31.9.